The molecule has 0 aliphatic rings. The van der Waals surface area contributed by atoms with E-state index >= 15 is 0 Å². The van der Waals surface area contributed by atoms with E-state index in [-0.39, 0.29) is 6.10 Å². The first-order valence-corrected chi connectivity index (χ1v) is 7.10. The number of rotatable bonds is 5. The van der Waals surface area contributed by atoms with Gasteiger partial charge in [0.05, 0.1) is 0 Å². The normalized spacial score (nSPS) is 13.8. The average molecular weight is 270 g/mol. The molecule has 0 aliphatic heterocycles. The summed E-state index contributed by atoms with van der Waals surface area (Å²) >= 11 is 0. The average Bonchev–Trinajstić information content (AvgIpc) is 2.47. The standard InChI is InChI=1S/C18H22O2/c1-4-15-6-5-7-17(12-15)20-14(3)18(19)16-10-8-13(2)9-11-16/h5-12,14,18-19H,4H2,1-3H3. The lowest BCUT2D eigenvalue weighted by Crippen LogP contribution is -2.21. The molecule has 0 aliphatic carbocycles. The summed E-state index contributed by atoms with van der Waals surface area (Å²) in [7, 11) is 0. The molecule has 20 heavy (non-hydrogen) atoms. The molecule has 2 heteroatoms. The number of aliphatic hydroxyl groups excluding tert-OH is 1. The van der Waals surface area contributed by atoms with Gasteiger partial charge in [0.2, 0.25) is 0 Å². The SMILES string of the molecule is CCc1cccc(OC(C)C(O)c2ccc(C)cc2)c1. The van der Waals surface area contributed by atoms with Crippen molar-refractivity contribution in [2.24, 2.45) is 0 Å². The molecule has 2 atom stereocenters. The first kappa shape index (κ1) is 14.6. The lowest BCUT2D eigenvalue weighted by Gasteiger charge is -2.21. The fourth-order valence-corrected chi connectivity index (χ4v) is 2.15. The van der Waals surface area contributed by atoms with E-state index in [1.54, 1.807) is 0 Å². The fourth-order valence-electron chi connectivity index (χ4n) is 2.15. The molecule has 0 bridgehead atoms. The monoisotopic (exact) mass is 270 g/mol. The topological polar surface area (TPSA) is 29.5 Å². The van der Waals surface area contributed by atoms with Crippen LogP contribution in [-0.2, 0) is 6.42 Å². The Morgan fingerprint density at radius 1 is 1.10 bits per heavy atom. The second-order valence-corrected chi connectivity index (χ2v) is 5.18. The van der Waals surface area contributed by atoms with Gasteiger partial charge in [0.15, 0.2) is 0 Å². The van der Waals surface area contributed by atoms with Crippen LogP contribution in [0.3, 0.4) is 0 Å². The van der Waals surface area contributed by atoms with Crippen LogP contribution in [0.15, 0.2) is 48.5 Å². The van der Waals surface area contributed by atoms with Gasteiger partial charge in [0.1, 0.15) is 18.0 Å². The van der Waals surface area contributed by atoms with Crippen LogP contribution in [0.25, 0.3) is 0 Å². The molecule has 0 saturated carbocycles. The molecule has 0 aromatic heterocycles. The van der Waals surface area contributed by atoms with Crippen LogP contribution in [0, 0.1) is 6.92 Å². The summed E-state index contributed by atoms with van der Waals surface area (Å²) in [4.78, 5) is 0. The molecular weight excluding hydrogens is 248 g/mol. The summed E-state index contributed by atoms with van der Waals surface area (Å²) < 4.78 is 5.85. The Morgan fingerprint density at radius 2 is 1.80 bits per heavy atom. The molecule has 0 spiro atoms. The molecule has 1 N–H and O–H groups in total. The van der Waals surface area contributed by atoms with Crippen LogP contribution in [0.5, 0.6) is 5.75 Å². The number of hydrogen-bond donors (Lipinski definition) is 1. The van der Waals surface area contributed by atoms with Crippen molar-refractivity contribution in [3.8, 4) is 5.75 Å². The number of hydrogen-bond acceptors (Lipinski definition) is 2. The Labute approximate surface area is 121 Å². The predicted octanol–water partition coefficient (Wildman–Crippen LogP) is 4.06. The van der Waals surface area contributed by atoms with Crippen molar-refractivity contribution in [2.45, 2.75) is 39.4 Å². The summed E-state index contributed by atoms with van der Waals surface area (Å²) in [6.07, 6.45) is 0.0669. The third-order valence-electron chi connectivity index (χ3n) is 3.49. The van der Waals surface area contributed by atoms with Crippen molar-refractivity contribution in [3.63, 3.8) is 0 Å². The molecular formula is C18H22O2. The second-order valence-electron chi connectivity index (χ2n) is 5.18. The van der Waals surface area contributed by atoms with Crippen LogP contribution < -0.4 is 4.74 Å². The highest BCUT2D eigenvalue weighted by Crippen LogP contribution is 2.23. The molecule has 2 nitrogen and oxygen atoms in total. The predicted molar refractivity (Wildman–Crippen MR) is 82.0 cm³/mol. The minimum atomic E-state index is -0.624. The molecule has 2 unspecified atom stereocenters. The van der Waals surface area contributed by atoms with Gasteiger partial charge < -0.3 is 9.84 Å². The molecule has 0 heterocycles. The zero-order chi connectivity index (χ0) is 14.5. The summed E-state index contributed by atoms with van der Waals surface area (Å²) in [6.45, 7) is 6.04. The van der Waals surface area contributed by atoms with Gasteiger partial charge in [-0.25, -0.2) is 0 Å². The molecule has 106 valence electrons. The minimum Gasteiger partial charge on any atom is -0.488 e. The third-order valence-corrected chi connectivity index (χ3v) is 3.49. The van der Waals surface area contributed by atoms with Gasteiger partial charge in [0.25, 0.3) is 0 Å². The molecule has 0 saturated heterocycles. The van der Waals surface area contributed by atoms with Gasteiger partial charge >= 0.3 is 0 Å². The highest BCUT2D eigenvalue weighted by Gasteiger charge is 2.17. The van der Waals surface area contributed by atoms with Crippen LogP contribution in [0.1, 0.15) is 36.6 Å². The number of benzene rings is 2. The van der Waals surface area contributed by atoms with Crippen molar-refractivity contribution < 1.29 is 9.84 Å². The lowest BCUT2D eigenvalue weighted by molar-refractivity contribution is 0.0467. The number of aliphatic hydroxyl groups is 1. The lowest BCUT2D eigenvalue weighted by atomic mass is 10.0. The van der Waals surface area contributed by atoms with E-state index in [4.69, 9.17) is 4.74 Å². The van der Waals surface area contributed by atoms with Gasteiger partial charge in [-0.1, -0.05) is 48.9 Å². The van der Waals surface area contributed by atoms with Crippen molar-refractivity contribution in [3.05, 3.63) is 65.2 Å². The number of aryl methyl sites for hydroxylation is 2. The van der Waals surface area contributed by atoms with Gasteiger partial charge in [-0.05, 0) is 43.5 Å². The summed E-state index contributed by atoms with van der Waals surface area (Å²) in [5, 5.41) is 10.3. The fraction of sp³-hybridized carbons (Fsp3) is 0.333. The Balaban J connectivity index is 2.06. The largest absolute Gasteiger partial charge is 0.488 e. The van der Waals surface area contributed by atoms with Crippen molar-refractivity contribution in [1.82, 2.24) is 0 Å². The Hall–Kier alpha value is -1.80. The summed E-state index contributed by atoms with van der Waals surface area (Å²) in [5.74, 6) is 0.808. The summed E-state index contributed by atoms with van der Waals surface area (Å²) in [6, 6.07) is 15.9. The van der Waals surface area contributed by atoms with E-state index in [2.05, 4.69) is 13.0 Å². The first-order chi connectivity index (χ1) is 9.60. The highest BCUT2D eigenvalue weighted by atomic mass is 16.5. The van der Waals surface area contributed by atoms with E-state index in [0.717, 1.165) is 17.7 Å². The van der Waals surface area contributed by atoms with Gasteiger partial charge in [0, 0.05) is 0 Å². The van der Waals surface area contributed by atoms with Crippen LogP contribution in [-0.4, -0.2) is 11.2 Å². The minimum absolute atomic E-state index is 0.287. The molecule has 0 fully saturated rings. The Bertz CT molecular complexity index is 546. The van der Waals surface area contributed by atoms with Crippen molar-refractivity contribution >= 4 is 0 Å². The maximum Gasteiger partial charge on any atom is 0.126 e. The molecule has 2 aromatic carbocycles. The number of ether oxygens (including phenoxy) is 1. The van der Waals surface area contributed by atoms with Crippen molar-refractivity contribution in [2.75, 3.05) is 0 Å². The highest BCUT2D eigenvalue weighted by molar-refractivity contribution is 5.29. The molecule has 2 rings (SSSR count). The van der Waals surface area contributed by atoms with Crippen LogP contribution >= 0.6 is 0 Å². The molecule has 0 amide bonds. The molecule has 2 aromatic rings. The maximum absolute atomic E-state index is 10.3. The second kappa shape index (κ2) is 6.58. The van der Waals surface area contributed by atoms with E-state index in [1.165, 1.54) is 11.1 Å². The third kappa shape index (κ3) is 3.61. The Kier molecular flexibility index (Phi) is 4.80. The van der Waals surface area contributed by atoms with E-state index in [0.29, 0.717) is 0 Å². The van der Waals surface area contributed by atoms with Gasteiger partial charge in [-0.15, -0.1) is 0 Å². The zero-order valence-electron chi connectivity index (χ0n) is 12.3. The van der Waals surface area contributed by atoms with E-state index in [1.807, 2.05) is 56.3 Å². The first-order valence-electron chi connectivity index (χ1n) is 7.10. The van der Waals surface area contributed by atoms with Gasteiger partial charge in [-0.3, -0.25) is 0 Å². The van der Waals surface area contributed by atoms with Crippen molar-refractivity contribution in [1.29, 1.82) is 0 Å². The van der Waals surface area contributed by atoms with E-state index < -0.39 is 6.10 Å². The smallest absolute Gasteiger partial charge is 0.126 e. The molecule has 0 radical (unpaired) electrons. The van der Waals surface area contributed by atoms with Crippen LogP contribution in [0.2, 0.25) is 0 Å². The summed E-state index contributed by atoms with van der Waals surface area (Å²) in [5.41, 5.74) is 3.31. The Morgan fingerprint density at radius 3 is 2.45 bits per heavy atom. The quantitative estimate of drug-likeness (QED) is 0.888. The van der Waals surface area contributed by atoms with Crippen LogP contribution in [0.4, 0.5) is 0 Å². The maximum atomic E-state index is 10.3. The van der Waals surface area contributed by atoms with Gasteiger partial charge in [-0.2, -0.15) is 0 Å². The zero-order valence-corrected chi connectivity index (χ0v) is 12.3. The van der Waals surface area contributed by atoms with E-state index in [9.17, 15) is 5.11 Å².